The lowest BCUT2D eigenvalue weighted by atomic mass is 10.4. The first kappa shape index (κ1) is 11.4. The summed E-state index contributed by atoms with van der Waals surface area (Å²) in [5, 5.41) is 6.49. The van der Waals surface area contributed by atoms with Crippen molar-refractivity contribution in [2.45, 2.75) is 12.2 Å². The molecule has 0 aliphatic rings. The fourth-order valence-electron chi connectivity index (χ4n) is 0.479. The zero-order chi connectivity index (χ0) is 9.99. The molecule has 0 spiro atoms. The van der Waals surface area contributed by atoms with Gasteiger partial charge in [0, 0.05) is 6.92 Å². The quantitative estimate of drug-likeness (QED) is 0.410. The van der Waals surface area contributed by atoms with Crippen molar-refractivity contribution in [1.82, 2.24) is 0 Å². The highest BCUT2D eigenvalue weighted by Gasteiger charge is 2.61. The Morgan fingerprint density at radius 2 is 2.17 bits per heavy atom. The molecule has 70 valence electrons. The third kappa shape index (κ3) is 1.61. The maximum atomic E-state index is 10.5. The van der Waals surface area contributed by atoms with E-state index in [1.54, 1.807) is 0 Å². The molecule has 0 aromatic rings. The molecule has 0 saturated heterocycles. The number of rotatable bonds is 4. The molecule has 0 bridgehead atoms. The van der Waals surface area contributed by atoms with Gasteiger partial charge in [0.2, 0.25) is 0 Å². The van der Waals surface area contributed by atoms with Crippen molar-refractivity contribution in [2.75, 3.05) is 7.11 Å². The molecule has 12 heavy (non-hydrogen) atoms. The van der Waals surface area contributed by atoms with E-state index < -0.39 is 19.0 Å². The first-order valence-electron chi connectivity index (χ1n) is 2.97. The topological polar surface area (TPSA) is 110 Å². The van der Waals surface area contributed by atoms with Crippen molar-refractivity contribution >= 4 is 19.7 Å². The Kier molecular flexibility index (Phi) is 3.29. The first-order chi connectivity index (χ1) is 5.31. The van der Waals surface area contributed by atoms with Crippen LogP contribution in [-0.4, -0.2) is 34.4 Å². The van der Waals surface area contributed by atoms with Crippen molar-refractivity contribution in [1.29, 1.82) is 0 Å². The molecule has 2 unspecified atom stereocenters. The van der Waals surface area contributed by atoms with Gasteiger partial charge in [0.15, 0.2) is 0 Å². The highest BCUT2D eigenvalue weighted by molar-refractivity contribution is 7.81. The number of aliphatic carboxylic acids is 1. The van der Waals surface area contributed by atoms with Crippen molar-refractivity contribution in [3.05, 3.63) is 0 Å². The van der Waals surface area contributed by atoms with Crippen LogP contribution >= 0.6 is 7.72 Å². The Morgan fingerprint density at radius 1 is 1.75 bits per heavy atom. The summed E-state index contributed by atoms with van der Waals surface area (Å²) in [7, 11) is -2.65. The predicted molar refractivity (Wildman–Crippen MR) is 43.1 cm³/mol. The van der Waals surface area contributed by atoms with E-state index in [4.69, 9.17) is 10.8 Å². The standard InChI is InChI=1S/C5H10NO5P/c1-5(6,4(8)9)12(10,3-7)11-2/h3,10H,6H2,1-2H3/p+1. The lowest BCUT2D eigenvalue weighted by Crippen LogP contribution is -2.47. The van der Waals surface area contributed by atoms with Gasteiger partial charge in [-0.1, -0.05) is 0 Å². The molecule has 0 fully saturated rings. The van der Waals surface area contributed by atoms with Crippen LogP contribution in [0.25, 0.3) is 0 Å². The fourth-order valence-corrected chi connectivity index (χ4v) is 1.44. The number of carboxylic acid groups (broad SMARTS) is 1. The summed E-state index contributed by atoms with van der Waals surface area (Å²) in [6.45, 7) is 1.03. The van der Waals surface area contributed by atoms with Crippen LogP contribution in [0.5, 0.6) is 0 Å². The molecular formula is C5H11NO5P+. The van der Waals surface area contributed by atoms with Gasteiger partial charge in [0.1, 0.15) is 0 Å². The number of carbonyl (C=O) groups excluding carboxylic acids is 1. The molecule has 0 radical (unpaired) electrons. The molecular weight excluding hydrogens is 185 g/mol. The summed E-state index contributed by atoms with van der Waals surface area (Å²) in [4.78, 5) is 30.2. The third-order valence-electron chi connectivity index (χ3n) is 1.52. The normalized spacial score (nSPS) is 20.7. The highest BCUT2D eigenvalue weighted by Crippen LogP contribution is 2.60. The maximum Gasteiger partial charge on any atom is 0.369 e. The summed E-state index contributed by atoms with van der Waals surface area (Å²) < 4.78 is 4.41. The van der Waals surface area contributed by atoms with Crippen molar-refractivity contribution in [2.24, 2.45) is 5.73 Å². The molecule has 0 aromatic heterocycles. The average Bonchev–Trinajstić information content (AvgIpc) is 2.02. The van der Waals surface area contributed by atoms with E-state index in [-0.39, 0.29) is 6.03 Å². The van der Waals surface area contributed by atoms with Gasteiger partial charge in [0.25, 0.3) is 5.28 Å². The lowest BCUT2D eigenvalue weighted by Gasteiger charge is -2.22. The van der Waals surface area contributed by atoms with E-state index in [0.717, 1.165) is 14.0 Å². The zero-order valence-electron chi connectivity index (χ0n) is 6.72. The molecule has 6 nitrogen and oxygen atoms in total. The first-order valence-corrected chi connectivity index (χ1v) is 4.70. The maximum absolute atomic E-state index is 10.5. The zero-order valence-corrected chi connectivity index (χ0v) is 7.62. The van der Waals surface area contributed by atoms with E-state index in [1.807, 2.05) is 0 Å². The summed E-state index contributed by atoms with van der Waals surface area (Å²) in [5.41, 5.74) is 5.20. The molecule has 0 saturated carbocycles. The average molecular weight is 196 g/mol. The van der Waals surface area contributed by atoms with Crippen LogP contribution in [-0.2, 0) is 14.1 Å². The second-order valence-electron chi connectivity index (χ2n) is 2.36. The van der Waals surface area contributed by atoms with Crippen LogP contribution in [0.2, 0.25) is 0 Å². The van der Waals surface area contributed by atoms with Gasteiger partial charge in [-0.05, 0) is 0 Å². The highest BCUT2D eigenvalue weighted by atomic mass is 31.2. The van der Waals surface area contributed by atoms with Crippen LogP contribution in [0.3, 0.4) is 0 Å². The van der Waals surface area contributed by atoms with Gasteiger partial charge in [-0.3, -0.25) is 10.5 Å². The molecule has 0 amide bonds. The van der Waals surface area contributed by atoms with E-state index in [9.17, 15) is 14.5 Å². The van der Waals surface area contributed by atoms with Crippen molar-refractivity contribution in [3.63, 3.8) is 0 Å². The SMILES string of the molecule is CO[P+](O)(C=O)C(C)(N)C(=O)O. The van der Waals surface area contributed by atoms with E-state index in [1.165, 1.54) is 0 Å². The molecule has 0 aliphatic carbocycles. The Morgan fingerprint density at radius 3 is 2.25 bits per heavy atom. The van der Waals surface area contributed by atoms with Crippen molar-refractivity contribution in [3.8, 4) is 0 Å². The summed E-state index contributed by atoms with van der Waals surface area (Å²) >= 11 is 0. The fraction of sp³-hybridized carbons (Fsp3) is 0.600. The number of nitrogens with two attached hydrogens (primary N) is 1. The largest absolute Gasteiger partial charge is 0.477 e. The minimum Gasteiger partial charge on any atom is -0.477 e. The van der Waals surface area contributed by atoms with Crippen molar-refractivity contribution < 1.29 is 24.1 Å². The van der Waals surface area contributed by atoms with E-state index >= 15 is 0 Å². The van der Waals surface area contributed by atoms with Gasteiger partial charge in [0.05, 0.1) is 7.11 Å². The molecule has 0 aromatic carbocycles. The third-order valence-corrected chi connectivity index (χ3v) is 3.88. The van der Waals surface area contributed by atoms with E-state index in [0.29, 0.717) is 0 Å². The Hall–Kier alpha value is -0.550. The van der Waals surface area contributed by atoms with Gasteiger partial charge in [-0.15, -0.1) is 0 Å². The Balaban J connectivity index is 4.96. The second kappa shape index (κ2) is 3.45. The summed E-state index contributed by atoms with van der Waals surface area (Å²) in [6.07, 6.45) is 0. The van der Waals surface area contributed by atoms with Crippen LogP contribution in [0.1, 0.15) is 6.92 Å². The van der Waals surface area contributed by atoms with Gasteiger partial charge >= 0.3 is 19.7 Å². The Labute approximate surface area is 69.8 Å². The molecule has 0 aliphatic heterocycles. The lowest BCUT2D eigenvalue weighted by molar-refractivity contribution is -0.139. The smallest absolute Gasteiger partial charge is 0.369 e. The minimum absolute atomic E-state index is 0.0567. The van der Waals surface area contributed by atoms with Crippen LogP contribution in [0.4, 0.5) is 0 Å². The Bertz CT molecular complexity index is 203. The van der Waals surface area contributed by atoms with Gasteiger partial charge < -0.3 is 5.11 Å². The number of carboxylic acids is 1. The number of hydrogen-bond donors (Lipinski definition) is 3. The minimum atomic E-state index is -3.69. The second-order valence-corrected chi connectivity index (χ2v) is 5.11. The molecule has 2 atom stereocenters. The number of hydrogen-bond acceptors (Lipinski definition) is 5. The molecule has 4 N–H and O–H groups in total. The molecule has 0 heterocycles. The van der Waals surface area contributed by atoms with Crippen LogP contribution in [0, 0.1) is 0 Å². The van der Waals surface area contributed by atoms with Crippen LogP contribution < -0.4 is 5.73 Å². The van der Waals surface area contributed by atoms with Crippen LogP contribution in [0.15, 0.2) is 0 Å². The summed E-state index contributed by atoms with van der Waals surface area (Å²) in [6, 6.07) is 0.0567. The molecule has 0 rings (SSSR count). The predicted octanol–water partition coefficient (Wildman–Crippen LogP) is -0.578. The summed E-state index contributed by atoms with van der Waals surface area (Å²) in [5.74, 6) is -1.48. The number of carbonyl (C=O) groups is 2. The monoisotopic (exact) mass is 196 g/mol. The van der Waals surface area contributed by atoms with Gasteiger partial charge in [-0.25, -0.2) is 9.69 Å². The van der Waals surface area contributed by atoms with E-state index in [2.05, 4.69) is 4.52 Å². The molecule has 7 heteroatoms. The van der Waals surface area contributed by atoms with Gasteiger partial charge in [-0.2, -0.15) is 4.52 Å².